The van der Waals surface area contributed by atoms with Crippen molar-refractivity contribution in [3.63, 3.8) is 0 Å². The third-order valence-electron chi connectivity index (χ3n) is 3.49. The lowest BCUT2D eigenvalue weighted by molar-refractivity contribution is 0.203. The summed E-state index contributed by atoms with van der Waals surface area (Å²) < 4.78 is 15.8. The van der Waals surface area contributed by atoms with Crippen molar-refractivity contribution < 1.29 is 9.50 Å². The monoisotopic (exact) mass is 261 g/mol. The Morgan fingerprint density at radius 1 is 1.47 bits per heavy atom. The number of nitrogens with one attached hydrogen (secondary N) is 1. The lowest BCUT2D eigenvalue weighted by Crippen LogP contribution is -2.29. The summed E-state index contributed by atoms with van der Waals surface area (Å²) in [5, 5.41) is 13.6. The van der Waals surface area contributed by atoms with Crippen LogP contribution in [0.3, 0.4) is 0 Å². The van der Waals surface area contributed by atoms with Gasteiger partial charge in [0.15, 0.2) is 0 Å². The molecule has 1 aromatic carbocycles. The summed E-state index contributed by atoms with van der Waals surface area (Å²) in [5.74, 6) is 0.496. The van der Waals surface area contributed by atoms with E-state index >= 15 is 0 Å². The van der Waals surface area contributed by atoms with Crippen molar-refractivity contribution in [2.75, 3.05) is 6.54 Å². The third-order valence-corrected chi connectivity index (χ3v) is 3.49. The number of imidazole rings is 1. The van der Waals surface area contributed by atoms with Gasteiger partial charge in [-0.3, -0.25) is 0 Å². The van der Waals surface area contributed by atoms with Crippen LogP contribution in [0.15, 0.2) is 24.4 Å². The summed E-state index contributed by atoms with van der Waals surface area (Å²) in [5.41, 5.74) is 1.89. The molecule has 0 fully saturated rings. The van der Waals surface area contributed by atoms with E-state index in [-0.39, 0.29) is 5.82 Å². The smallest absolute Gasteiger partial charge is 0.129 e. The Hall–Kier alpha value is -1.72. The van der Waals surface area contributed by atoms with Crippen molar-refractivity contribution in [3.8, 4) is 0 Å². The van der Waals surface area contributed by atoms with E-state index in [1.165, 1.54) is 6.07 Å². The molecule has 1 aliphatic rings. The zero-order chi connectivity index (χ0) is 13.4. The fourth-order valence-electron chi connectivity index (χ4n) is 2.47. The van der Waals surface area contributed by atoms with Crippen molar-refractivity contribution in [2.45, 2.75) is 26.1 Å². The van der Waals surface area contributed by atoms with Crippen LogP contribution in [0.4, 0.5) is 4.39 Å². The van der Waals surface area contributed by atoms with Crippen LogP contribution < -0.4 is 5.32 Å². The van der Waals surface area contributed by atoms with Gasteiger partial charge >= 0.3 is 0 Å². The predicted molar refractivity (Wildman–Crippen MR) is 69.1 cm³/mol. The van der Waals surface area contributed by atoms with Gasteiger partial charge in [0.2, 0.25) is 0 Å². The van der Waals surface area contributed by atoms with E-state index in [0.717, 1.165) is 24.5 Å². The zero-order valence-corrected chi connectivity index (χ0v) is 10.7. The number of hydrogen-bond acceptors (Lipinski definition) is 3. The van der Waals surface area contributed by atoms with E-state index < -0.39 is 6.10 Å². The molecule has 5 heteroatoms. The van der Waals surface area contributed by atoms with Gasteiger partial charge in [-0.05, 0) is 13.0 Å². The maximum Gasteiger partial charge on any atom is 0.129 e. The van der Waals surface area contributed by atoms with Gasteiger partial charge in [0, 0.05) is 18.7 Å². The second kappa shape index (κ2) is 4.75. The van der Waals surface area contributed by atoms with E-state index in [2.05, 4.69) is 10.3 Å². The van der Waals surface area contributed by atoms with E-state index in [0.29, 0.717) is 17.8 Å². The molecule has 0 saturated carbocycles. The molecule has 1 aromatic heterocycles. The Bertz CT molecular complexity index is 609. The van der Waals surface area contributed by atoms with Gasteiger partial charge in [-0.25, -0.2) is 9.37 Å². The van der Waals surface area contributed by atoms with Gasteiger partial charge < -0.3 is 15.0 Å². The minimum Gasteiger partial charge on any atom is -0.382 e. The molecule has 0 bridgehead atoms. The van der Waals surface area contributed by atoms with Crippen LogP contribution in [-0.2, 0) is 13.1 Å². The number of aliphatic hydroxyl groups excluding tert-OH is 1. The van der Waals surface area contributed by atoms with E-state index in [9.17, 15) is 9.50 Å². The van der Waals surface area contributed by atoms with Gasteiger partial charge in [-0.1, -0.05) is 17.7 Å². The molecular weight excluding hydrogens is 245 g/mol. The number of nitrogens with zero attached hydrogens (tertiary/aromatic N) is 2. The summed E-state index contributed by atoms with van der Waals surface area (Å²) in [6, 6.07) is 4.77. The molecule has 0 saturated heterocycles. The zero-order valence-electron chi connectivity index (χ0n) is 10.7. The lowest BCUT2D eigenvalue weighted by atomic mass is 10.0. The molecule has 0 radical (unpaired) electrons. The van der Waals surface area contributed by atoms with E-state index in [1.807, 2.05) is 11.5 Å². The van der Waals surface area contributed by atoms with Gasteiger partial charge in [-0.2, -0.15) is 0 Å². The molecule has 100 valence electrons. The van der Waals surface area contributed by atoms with Crippen LogP contribution in [0.2, 0.25) is 0 Å². The van der Waals surface area contributed by atoms with Crippen LogP contribution in [0, 0.1) is 12.7 Å². The van der Waals surface area contributed by atoms with Crippen LogP contribution >= 0.6 is 0 Å². The highest BCUT2D eigenvalue weighted by Gasteiger charge is 2.22. The average Bonchev–Trinajstić information content (AvgIpc) is 2.84. The minimum absolute atomic E-state index is 0.307. The molecular formula is C14H16FN3O. The Balaban J connectivity index is 2.02. The third kappa shape index (κ3) is 2.15. The molecule has 0 spiro atoms. The number of aliphatic hydroxyl groups is 1. The second-order valence-electron chi connectivity index (χ2n) is 4.86. The highest BCUT2D eigenvalue weighted by atomic mass is 19.1. The van der Waals surface area contributed by atoms with Crippen LogP contribution in [0.5, 0.6) is 0 Å². The van der Waals surface area contributed by atoms with Crippen LogP contribution in [0.1, 0.15) is 28.7 Å². The Morgan fingerprint density at radius 2 is 2.32 bits per heavy atom. The van der Waals surface area contributed by atoms with Crippen LogP contribution in [0.25, 0.3) is 0 Å². The summed E-state index contributed by atoms with van der Waals surface area (Å²) >= 11 is 0. The van der Waals surface area contributed by atoms with Gasteiger partial charge in [0.05, 0.1) is 18.4 Å². The first-order chi connectivity index (χ1) is 9.16. The Labute approximate surface area is 110 Å². The summed E-state index contributed by atoms with van der Waals surface area (Å²) in [7, 11) is 0. The lowest BCUT2D eigenvalue weighted by Gasteiger charge is -2.20. The van der Waals surface area contributed by atoms with Crippen molar-refractivity contribution in [1.29, 1.82) is 0 Å². The SMILES string of the molecule is Cc1ccc(F)c(C(O)c2cnc3n2CCNC3)c1. The number of aromatic nitrogens is 2. The van der Waals surface area contributed by atoms with Gasteiger partial charge in [0.25, 0.3) is 0 Å². The van der Waals surface area contributed by atoms with Crippen LogP contribution in [-0.4, -0.2) is 21.2 Å². The van der Waals surface area contributed by atoms with E-state index in [4.69, 9.17) is 0 Å². The predicted octanol–water partition coefficient (Wildman–Crippen LogP) is 1.52. The largest absolute Gasteiger partial charge is 0.382 e. The van der Waals surface area contributed by atoms with E-state index in [1.54, 1.807) is 18.3 Å². The van der Waals surface area contributed by atoms with Gasteiger partial charge in [0.1, 0.15) is 17.7 Å². The quantitative estimate of drug-likeness (QED) is 0.861. The second-order valence-corrected chi connectivity index (χ2v) is 4.86. The summed E-state index contributed by atoms with van der Waals surface area (Å²) in [6.07, 6.45) is 0.661. The first-order valence-electron chi connectivity index (χ1n) is 6.36. The topological polar surface area (TPSA) is 50.1 Å². The van der Waals surface area contributed by atoms with Gasteiger partial charge in [-0.15, -0.1) is 0 Å². The Morgan fingerprint density at radius 3 is 3.16 bits per heavy atom. The number of fused-ring (bicyclic) bond motifs is 1. The average molecular weight is 261 g/mol. The molecule has 2 N–H and O–H groups in total. The van der Waals surface area contributed by atoms with Crippen molar-refractivity contribution in [1.82, 2.24) is 14.9 Å². The number of benzene rings is 1. The Kier molecular flexibility index (Phi) is 3.08. The molecule has 0 aliphatic carbocycles. The normalized spacial score (nSPS) is 16.2. The first kappa shape index (κ1) is 12.3. The highest BCUT2D eigenvalue weighted by molar-refractivity contribution is 5.31. The highest BCUT2D eigenvalue weighted by Crippen LogP contribution is 2.26. The molecule has 4 nitrogen and oxygen atoms in total. The fraction of sp³-hybridized carbons (Fsp3) is 0.357. The minimum atomic E-state index is -0.973. The molecule has 2 heterocycles. The molecule has 0 amide bonds. The number of aryl methyl sites for hydroxylation is 1. The van der Waals surface area contributed by atoms with Crippen molar-refractivity contribution in [3.05, 3.63) is 52.9 Å². The number of halogens is 1. The van der Waals surface area contributed by atoms with Crippen molar-refractivity contribution in [2.24, 2.45) is 0 Å². The molecule has 1 unspecified atom stereocenters. The first-order valence-corrected chi connectivity index (χ1v) is 6.36. The molecule has 1 aliphatic heterocycles. The standard InChI is InChI=1S/C14H16FN3O/c1-9-2-3-11(15)10(6-9)14(19)12-7-17-13-8-16-4-5-18(12)13/h2-3,6-7,14,16,19H,4-5,8H2,1H3. The number of rotatable bonds is 2. The molecule has 1 atom stereocenters. The van der Waals surface area contributed by atoms with Crippen molar-refractivity contribution >= 4 is 0 Å². The summed E-state index contributed by atoms with van der Waals surface area (Å²) in [6.45, 7) is 4.14. The fourth-order valence-corrected chi connectivity index (χ4v) is 2.47. The number of hydrogen-bond donors (Lipinski definition) is 2. The summed E-state index contributed by atoms with van der Waals surface area (Å²) in [4.78, 5) is 4.27. The molecule has 3 rings (SSSR count). The molecule has 19 heavy (non-hydrogen) atoms. The molecule has 2 aromatic rings. The maximum absolute atomic E-state index is 13.8. The maximum atomic E-state index is 13.8.